The first-order valence-corrected chi connectivity index (χ1v) is 6.68. The molecule has 0 fully saturated rings. The third-order valence-corrected chi connectivity index (χ3v) is 3.64. The lowest BCUT2D eigenvalue weighted by Crippen LogP contribution is -2.03. The molecule has 1 aromatic heterocycles. The normalized spacial score (nSPS) is 10.5. The predicted octanol–water partition coefficient (Wildman–Crippen LogP) is 3.00. The van der Waals surface area contributed by atoms with Crippen LogP contribution in [0.2, 0.25) is 0 Å². The molecule has 0 saturated carbocycles. The first kappa shape index (κ1) is 13.5. The lowest BCUT2D eigenvalue weighted by molar-refractivity contribution is -0.384. The highest BCUT2D eigenvalue weighted by Crippen LogP contribution is 2.25. The second-order valence-electron chi connectivity index (χ2n) is 3.99. The van der Waals surface area contributed by atoms with Gasteiger partial charge in [0.15, 0.2) is 0 Å². The second kappa shape index (κ2) is 6.31. The summed E-state index contributed by atoms with van der Waals surface area (Å²) < 4.78 is 5.51. The maximum atomic E-state index is 10.7. The Morgan fingerprint density at radius 1 is 1.32 bits per heavy atom. The van der Waals surface area contributed by atoms with Crippen molar-refractivity contribution in [2.45, 2.75) is 13.0 Å². The van der Waals surface area contributed by atoms with Crippen molar-refractivity contribution in [2.24, 2.45) is 0 Å². The number of nitro groups is 1. The third-order valence-electron chi connectivity index (χ3n) is 2.70. The number of nitrogens with two attached hydrogens (primary N) is 1. The topological polar surface area (TPSA) is 78.4 Å². The molecule has 6 heteroatoms. The van der Waals surface area contributed by atoms with E-state index >= 15 is 0 Å². The van der Waals surface area contributed by atoms with Gasteiger partial charge in [-0.1, -0.05) is 18.2 Å². The molecule has 19 heavy (non-hydrogen) atoms. The minimum absolute atomic E-state index is 0.0700. The Kier molecular flexibility index (Phi) is 4.48. The van der Waals surface area contributed by atoms with E-state index < -0.39 is 4.92 Å². The molecule has 0 amide bonds. The molecular weight excluding hydrogens is 264 g/mol. The highest BCUT2D eigenvalue weighted by atomic mass is 32.1. The first-order valence-electron chi connectivity index (χ1n) is 5.80. The van der Waals surface area contributed by atoms with E-state index in [-0.39, 0.29) is 11.4 Å². The van der Waals surface area contributed by atoms with Gasteiger partial charge in [0.05, 0.1) is 18.1 Å². The number of ether oxygens (including phenoxy) is 1. The SMILES string of the molecule is Nc1c(COCCc2cccs2)cccc1[N+](=O)[O-]. The number of hydrogen-bond acceptors (Lipinski definition) is 5. The van der Waals surface area contributed by atoms with Gasteiger partial charge in [-0.15, -0.1) is 11.3 Å². The van der Waals surface area contributed by atoms with Crippen molar-refractivity contribution in [2.75, 3.05) is 12.3 Å². The molecule has 100 valence electrons. The number of nitrogens with zero attached hydrogens (tertiary/aromatic N) is 1. The van der Waals surface area contributed by atoms with Crippen molar-refractivity contribution >= 4 is 22.7 Å². The van der Waals surface area contributed by atoms with Gasteiger partial charge in [-0.05, 0) is 11.4 Å². The van der Waals surface area contributed by atoms with Crippen LogP contribution in [0.25, 0.3) is 0 Å². The minimum Gasteiger partial charge on any atom is -0.393 e. The Bertz CT molecular complexity index is 555. The van der Waals surface area contributed by atoms with E-state index in [0.29, 0.717) is 18.8 Å². The van der Waals surface area contributed by atoms with E-state index in [1.165, 1.54) is 10.9 Å². The lowest BCUT2D eigenvalue weighted by atomic mass is 10.1. The maximum Gasteiger partial charge on any atom is 0.292 e. The molecule has 1 heterocycles. The van der Waals surface area contributed by atoms with Gasteiger partial charge in [-0.25, -0.2) is 0 Å². The number of nitrogen functional groups attached to an aromatic ring is 1. The number of nitro benzene ring substituents is 1. The molecule has 2 N–H and O–H groups in total. The van der Waals surface area contributed by atoms with Crippen LogP contribution in [0.5, 0.6) is 0 Å². The largest absolute Gasteiger partial charge is 0.393 e. The summed E-state index contributed by atoms with van der Waals surface area (Å²) >= 11 is 1.68. The summed E-state index contributed by atoms with van der Waals surface area (Å²) in [5.41, 5.74) is 6.51. The summed E-state index contributed by atoms with van der Waals surface area (Å²) in [6.45, 7) is 0.863. The standard InChI is InChI=1S/C13H14N2O3S/c14-13-10(3-1-5-12(13)15(16)17)9-18-7-6-11-4-2-8-19-11/h1-5,8H,6-7,9,14H2. The molecule has 0 aliphatic carbocycles. The Balaban J connectivity index is 1.89. The van der Waals surface area contributed by atoms with Crippen LogP contribution in [0.15, 0.2) is 35.7 Å². The molecule has 0 aliphatic rings. The van der Waals surface area contributed by atoms with Crippen molar-refractivity contribution in [3.63, 3.8) is 0 Å². The van der Waals surface area contributed by atoms with Crippen molar-refractivity contribution in [1.29, 1.82) is 0 Å². The Hall–Kier alpha value is -1.92. The number of benzene rings is 1. The van der Waals surface area contributed by atoms with Gasteiger partial charge in [0.1, 0.15) is 5.69 Å². The predicted molar refractivity (Wildman–Crippen MR) is 75.2 cm³/mol. The summed E-state index contributed by atoms with van der Waals surface area (Å²) in [5, 5.41) is 12.8. The Labute approximate surface area is 114 Å². The van der Waals surface area contributed by atoms with Gasteiger partial charge in [-0.2, -0.15) is 0 Å². The molecule has 0 bridgehead atoms. The lowest BCUT2D eigenvalue weighted by Gasteiger charge is -2.06. The zero-order chi connectivity index (χ0) is 13.7. The van der Waals surface area contributed by atoms with E-state index in [4.69, 9.17) is 10.5 Å². The molecule has 1 aromatic carbocycles. The van der Waals surface area contributed by atoms with Crippen LogP contribution in [0.1, 0.15) is 10.4 Å². The van der Waals surface area contributed by atoms with Crippen molar-refractivity contribution in [3.8, 4) is 0 Å². The van der Waals surface area contributed by atoms with Gasteiger partial charge in [-0.3, -0.25) is 10.1 Å². The summed E-state index contributed by atoms with van der Waals surface area (Å²) in [4.78, 5) is 11.5. The van der Waals surface area contributed by atoms with E-state index in [0.717, 1.165) is 6.42 Å². The van der Waals surface area contributed by atoms with Crippen LogP contribution in [-0.4, -0.2) is 11.5 Å². The van der Waals surface area contributed by atoms with Gasteiger partial charge >= 0.3 is 0 Å². The van der Waals surface area contributed by atoms with E-state index in [1.54, 1.807) is 23.5 Å². The highest BCUT2D eigenvalue weighted by molar-refractivity contribution is 7.09. The fourth-order valence-corrected chi connectivity index (χ4v) is 2.38. The molecule has 2 aromatic rings. The summed E-state index contributed by atoms with van der Waals surface area (Å²) in [5.74, 6) is 0. The molecular formula is C13H14N2O3S. The van der Waals surface area contributed by atoms with Gasteiger partial charge < -0.3 is 10.5 Å². The number of anilines is 1. The van der Waals surface area contributed by atoms with E-state index in [1.807, 2.05) is 11.4 Å². The quantitative estimate of drug-likeness (QED) is 0.381. The van der Waals surface area contributed by atoms with Crippen molar-refractivity contribution < 1.29 is 9.66 Å². The monoisotopic (exact) mass is 278 g/mol. The second-order valence-corrected chi connectivity index (χ2v) is 5.02. The van der Waals surface area contributed by atoms with Gasteiger partial charge in [0, 0.05) is 22.9 Å². The molecule has 0 atom stereocenters. The molecule has 5 nitrogen and oxygen atoms in total. The number of para-hydroxylation sites is 1. The minimum atomic E-state index is -0.482. The van der Waals surface area contributed by atoms with Crippen molar-refractivity contribution in [1.82, 2.24) is 0 Å². The van der Waals surface area contributed by atoms with E-state index in [2.05, 4.69) is 6.07 Å². The molecule has 0 aliphatic heterocycles. The molecule has 0 unspecified atom stereocenters. The van der Waals surface area contributed by atoms with Crippen molar-refractivity contribution in [3.05, 3.63) is 56.3 Å². The van der Waals surface area contributed by atoms with Crippen LogP contribution < -0.4 is 5.73 Å². The summed E-state index contributed by atoms with van der Waals surface area (Å²) in [7, 11) is 0. The Morgan fingerprint density at radius 2 is 2.16 bits per heavy atom. The highest BCUT2D eigenvalue weighted by Gasteiger charge is 2.13. The molecule has 0 radical (unpaired) electrons. The van der Waals surface area contributed by atoms with Crippen LogP contribution in [0.4, 0.5) is 11.4 Å². The molecule has 2 rings (SSSR count). The van der Waals surface area contributed by atoms with Crippen LogP contribution in [0.3, 0.4) is 0 Å². The number of rotatable bonds is 6. The fraction of sp³-hybridized carbons (Fsp3) is 0.231. The first-order chi connectivity index (χ1) is 9.18. The zero-order valence-electron chi connectivity index (χ0n) is 10.2. The van der Waals surface area contributed by atoms with Gasteiger partial charge in [0.2, 0.25) is 0 Å². The average Bonchev–Trinajstić information content (AvgIpc) is 2.89. The third kappa shape index (κ3) is 3.52. The molecule has 0 saturated heterocycles. The fourth-order valence-electron chi connectivity index (χ4n) is 1.69. The van der Waals surface area contributed by atoms with E-state index in [9.17, 15) is 10.1 Å². The average molecular weight is 278 g/mol. The molecule has 0 spiro atoms. The maximum absolute atomic E-state index is 10.7. The van der Waals surface area contributed by atoms with Crippen LogP contribution >= 0.6 is 11.3 Å². The summed E-state index contributed by atoms with van der Waals surface area (Å²) in [6, 6.07) is 8.80. The van der Waals surface area contributed by atoms with Gasteiger partial charge in [0.25, 0.3) is 5.69 Å². The smallest absolute Gasteiger partial charge is 0.292 e. The number of hydrogen-bond donors (Lipinski definition) is 1. The van der Waals surface area contributed by atoms with Crippen LogP contribution in [0, 0.1) is 10.1 Å². The summed E-state index contributed by atoms with van der Waals surface area (Å²) in [6.07, 6.45) is 0.840. The number of thiophene rings is 1. The van der Waals surface area contributed by atoms with Crippen LogP contribution in [-0.2, 0) is 17.8 Å². The Morgan fingerprint density at radius 3 is 2.84 bits per heavy atom. The zero-order valence-corrected chi connectivity index (χ0v) is 11.1.